The third kappa shape index (κ3) is 2.42. The Morgan fingerprint density at radius 3 is 2.32 bits per heavy atom. The number of benzene rings is 2. The van der Waals surface area contributed by atoms with Gasteiger partial charge < -0.3 is 5.32 Å². The van der Waals surface area contributed by atoms with Crippen molar-refractivity contribution in [3.05, 3.63) is 77.5 Å². The van der Waals surface area contributed by atoms with Crippen LogP contribution in [0.1, 0.15) is 56.4 Å². The van der Waals surface area contributed by atoms with Crippen LogP contribution in [0.4, 0.5) is 5.95 Å². The van der Waals surface area contributed by atoms with E-state index in [4.69, 9.17) is 9.97 Å². The van der Waals surface area contributed by atoms with Crippen molar-refractivity contribution in [2.45, 2.75) is 51.5 Å². The van der Waals surface area contributed by atoms with Crippen LogP contribution >= 0.6 is 0 Å². The number of anilines is 1. The van der Waals surface area contributed by atoms with E-state index in [9.17, 15) is 0 Å². The maximum atomic E-state index is 5.08. The molecule has 0 saturated heterocycles. The van der Waals surface area contributed by atoms with E-state index >= 15 is 0 Å². The molecule has 2 aromatic carbocycles. The molecule has 28 heavy (non-hydrogen) atoms. The number of nitrogens with one attached hydrogen (secondary N) is 1. The topological polar surface area (TPSA) is 37.8 Å². The highest BCUT2D eigenvalue weighted by atomic mass is 15.1. The number of rotatable bonds is 4. The summed E-state index contributed by atoms with van der Waals surface area (Å²) in [4.78, 5) is 10.1. The molecular formula is C25H27N3. The Hall–Kier alpha value is -2.68. The largest absolute Gasteiger partial charge is 0.350 e. The summed E-state index contributed by atoms with van der Waals surface area (Å²) >= 11 is 0. The second-order valence-electron chi connectivity index (χ2n) is 9.01. The maximum absolute atomic E-state index is 5.08. The molecule has 3 aromatic rings. The zero-order valence-corrected chi connectivity index (χ0v) is 16.9. The Morgan fingerprint density at radius 2 is 1.61 bits per heavy atom. The molecular weight excluding hydrogens is 342 g/mol. The van der Waals surface area contributed by atoms with Crippen molar-refractivity contribution in [3.8, 4) is 11.3 Å². The number of nitrogens with zero attached hydrogens (tertiary/aromatic N) is 2. The SMILES string of the molecule is CC12CCC(c3c(-c4ccccc4)nc(NCc4ccccc4)nc31)C2(C)C. The highest BCUT2D eigenvalue weighted by molar-refractivity contribution is 5.69. The fraction of sp³-hybridized carbons (Fsp3) is 0.360. The van der Waals surface area contributed by atoms with Gasteiger partial charge in [0, 0.05) is 23.1 Å². The van der Waals surface area contributed by atoms with Gasteiger partial charge in [0.05, 0.1) is 11.4 Å². The Balaban J connectivity index is 1.62. The van der Waals surface area contributed by atoms with Crippen LogP contribution in [0.3, 0.4) is 0 Å². The normalized spacial score (nSPS) is 24.2. The third-order valence-corrected chi connectivity index (χ3v) is 7.38. The first-order valence-corrected chi connectivity index (χ1v) is 10.3. The minimum absolute atomic E-state index is 0.114. The monoisotopic (exact) mass is 369 g/mol. The molecule has 2 bridgehead atoms. The first-order chi connectivity index (χ1) is 13.5. The van der Waals surface area contributed by atoms with Gasteiger partial charge in [0.25, 0.3) is 0 Å². The molecule has 2 aliphatic rings. The van der Waals surface area contributed by atoms with E-state index < -0.39 is 0 Å². The predicted molar refractivity (Wildman–Crippen MR) is 114 cm³/mol. The fourth-order valence-corrected chi connectivity index (χ4v) is 5.32. The van der Waals surface area contributed by atoms with Crippen LogP contribution in [0.15, 0.2) is 60.7 Å². The molecule has 1 fully saturated rings. The van der Waals surface area contributed by atoms with E-state index in [1.807, 2.05) is 6.07 Å². The molecule has 1 aromatic heterocycles. The van der Waals surface area contributed by atoms with E-state index in [2.05, 4.69) is 80.7 Å². The van der Waals surface area contributed by atoms with Gasteiger partial charge in [0.1, 0.15) is 0 Å². The van der Waals surface area contributed by atoms with Crippen molar-refractivity contribution in [1.29, 1.82) is 0 Å². The summed E-state index contributed by atoms with van der Waals surface area (Å²) in [5.74, 6) is 1.27. The molecule has 1 saturated carbocycles. The highest BCUT2D eigenvalue weighted by Gasteiger charge is 2.61. The molecule has 2 aliphatic carbocycles. The molecule has 0 aliphatic heterocycles. The second-order valence-corrected chi connectivity index (χ2v) is 9.01. The number of hydrogen-bond donors (Lipinski definition) is 1. The van der Waals surface area contributed by atoms with Crippen LogP contribution in [-0.2, 0) is 12.0 Å². The molecule has 2 unspecified atom stereocenters. The summed E-state index contributed by atoms with van der Waals surface area (Å²) in [5, 5.41) is 3.48. The lowest BCUT2D eigenvalue weighted by atomic mass is 9.70. The van der Waals surface area contributed by atoms with Crippen LogP contribution in [0.5, 0.6) is 0 Å². The highest BCUT2D eigenvalue weighted by Crippen LogP contribution is 2.68. The molecule has 2 atom stereocenters. The fourth-order valence-electron chi connectivity index (χ4n) is 5.32. The quantitative estimate of drug-likeness (QED) is 0.619. The van der Waals surface area contributed by atoms with Crippen molar-refractivity contribution in [2.24, 2.45) is 5.41 Å². The Labute approximate surface area is 167 Å². The third-order valence-electron chi connectivity index (χ3n) is 7.38. The lowest BCUT2D eigenvalue weighted by molar-refractivity contribution is 0.227. The van der Waals surface area contributed by atoms with Gasteiger partial charge in [-0.05, 0) is 29.7 Å². The summed E-state index contributed by atoms with van der Waals surface area (Å²) in [6.45, 7) is 7.97. The van der Waals surface area contributed by atoms with Gasteiger partial charge in [-0.2, -0.15) is 0 Å². The van der Waals surface area contributed by atoms with E-state index in [0.717, 1.165) is 18.2 Å². The van der Waals surface area contributed by atoms with Crippen LogP contribution in [0.2, 0.25) is 0 Å². The molecule has 1 heterocycles. The van der Waals surface area contributed by atoms with Gasteiger partial charge in [-0.1, -0.05) is 81.4 Å². The van der Waals surface area contributed by atoms with Crippen LogP contribution in [0.25, 0.3) is 11.3 Å². The summed E-state index contributed by atoms with van der Waals surface area (Å²) in [7, 11) is 0. The van der Waals surface area contributed by atoms with Gasteiger partial charge in [0.15, 0.2) is 0 Å². The van der Waals surface area contributed by atoms with E-state index in [1.165, 1.54) is 35.2 Å². The van der Waals surface area contributed by atoms with Crippen molar-refractivity contribution in [2.75, 3.05) is 5.32 Å². The minimum Gasteiger partial charge on any atom is -0.350 e. The van der Waals surface area contributed by atoms with E-state index in [1.54, 1.807) is 0 Å². The lowest BCUT2D eigenvalue weighted by Crippen LogP contribution is -2.32. The summed E-state index contributed by atoms with van der Waals surface area (Å²) < 4.78 is 0. The lowest BCUT2D eigenvalue weighted by Gasteiger charge is -2.34. The first kappa shape index (κ1) is 17.4. The average molecular weight is 370 g/mol. The number of aromatic nitrogens is 2. The summed E-state index contributed by atoms with van der Waals surface area (Å²) in [5.41, 5.74) is 6.52. The Bertz CT molecular complexity index is 1010. The zero-order chi connectivity index (χ0) is 19.4. The van der Waals surface area contributed by atoms with Gasteiger partial charge in [-0.3, -0.25) is 0 Å². The molecule has 3 heteroatoms. The van der Waals surface area contributed by atoms with Crippen LogP contribution in [-0.4, -0.2) is 9.97 Å². The van der Waals surface area contributed by atoms with E-state index in [0.29, 0.717) is 5.92 Å². The molecule has 3 nitrogen and oxygen atoms in total. The number of fused-ring (bicyclic) bond motifs is 5. The summed E-state index contributed by atoms with van der Waals surface area (Å²) in [6, 6.07) is 21.0. The summed E-state index contributed by atoms with van der Waals surface area (Å²) in [6.07, 6.45) is 2.44. The van der Waals surface area contributed by atoms with Crippen molar-refractivity contribution >= 4 is 5.95 Å². The maximum Gasteiger partial charge on any atom is 0.223 e. The zero-order valence-electron chi connectivity index (χ0n) is 16.9. The molecule has 142 valence electrons. The van der Waals surface area contributed by atoms with Gasteiger partial charge in [-0.15, -0.1) is 0 Å². The van der Waals surface area contributed by atoms with Crippen LogP contribution in [0, 0.1) is 5.41 Å². The van der Waals surface area contributed by atoms with Crippen molar-refractivity contribution in [3.63, 3.8) is 0 Å². The Morgan fingerprint density at radius 1 is 0.929 bits per heavy atom. The molecule has 5 rings (SSSR count). The predicted octanol–water partition coefficient (Wildman–Crippen LogP) is 5.93. The smallest absolute Gasteiger partial charge is 0.223 e. The van der Waals surface area contributed by atoms with E-state index in [-0.39, 0.29) is 10.8 Å². The average Bonchev–Trinajstić information content (AvgIpc) is 3.06. The van der Waals surface area contributed by atoms with Crippen molar-refractivity contribution in [1.82, 2.24) is 9.97 Å². The molecule has 0 amide bonds. The van der Waals surface area contributed by atoms with Gasteiger partial charge in [0.2, 0.25) is 5.95 Å². The standard InChI is InChI=1S/C25H27N3/c1-24(2)19-14-15-25(24,3)22-20(19)21(18-12-8-5-9-13-18)27-23(28-22)26-16-17-10-6-4-7-11-17/h4-13,19H,14-16H2,1-3H3,(H,26,27,28). The minimum atomic E-state index is 0.114. The first-order valence-electron chi connectivity index (χ1n) is 10.3. The Kier molecular flexibility index (Phi) is 3.84. The second kappa shape index (κ2) is 6.16. The molecule has 0 radical (unpaired) electrons. The van der Waals surface area contributed by atoms with Crippen molar-refractivity contribution < 1.29 is 0 Å². The van der Waals surface area contributed by atoms with Crippen LogP contribution < -0.4 is 5.32 Å². The number of hydrogen-bond acceptors (Lipinski definition) is 3. The molecule has 1 N–H and O–H groups in total. The van der Waals surface area contributed by atoms with Gasteiger partial charge in [-0.25, -0.2) is 9.97 Å². The van der Waals surface area contributed by atoms with Gasteiger partial charge >= 0.3 is 0 Å². The molecule has 0 spiro atoms.